The molecule has 0 aliphatic heterocycles. The van der Waals surface area contributed by atoms with E-state index in [2.05, 4.69) is 23.2 Å². The quantitative estimate of drug-likeness (QED) is 0.650. The van der Waals surface area contributed by atoms with Crippen LogP contribution in [0.4, 0.5) is 0 Å². The number of carbonyl (C=O) groups is 1. The van der Waals surface area contributed by atoms with Gasteiger partial charge in [-0.2, -0.15) is 0 Å². The third-order valence-corrected chi connectivity index (χ3v) is 5.00. The van der Waals surface area contributed by atoms with Crippen molar-refractivity contribution in [3.8, 4) is 0 Å². The number of hydrogen-bond donors (Lipinski definition) is 1. The van der Waals surface area contributed by atoms with Crippen molar-refractivity contribution in [3.63, 3.8) is 0 Å². The molecule has 1 heterocycles. The van der Waals surface area contributed by atoms with E-state index in [-0.39, 0.29) is 11.5 Å². The van der Waals surface area contributed by atoms with E-state index in [1.165, 1.54) is 11.8 Å². The van der Waals surface area contributed by atoms with Crippen LogP contribution >= 0.6 is 11.8 Å². The largest absolute Gasteiger partial charge is 0.343 e. The number of rotatable bonds is 6. The molecule has 0 saturated heterocycles. The maximum atomic E-state index is 11.9. The predicted octanol–water partition coefficient (Wildman–Crippen LogP) is 3.40. The second-order valence-corrected chi connectivity index (χ2v) is 6.74. The highest BCUT2D eigenvalue weighted by molar-refractivity contribution is 7.98. The number of nitrogens with one attached hydrogen (secondary N) is 1. The van der Waals surface area contributed by atoms with Crippen LogP contribution in [0.1, 0.15) is 52.9 Å². The number of aromatic nitrogens is 3. The summed E-state index contributed by atoms with van der Waals surface area (Å²) in [5.74, 6) is 0.778. The number of aryl methyl sites for hydroxylation is 2. The number of H-pyrrole nitrogens is 1. The van der Waals surface area contributed by atoms with E-state index in [9.17, 15) is 9.59 Å². The van der Waals surface area contributed by atoms with Crippen molar-refractivity contribution >= 4 is 17.5 Å². The molecule has 0 fully saturated rings. The number of Topliss-reactive ketones (excluding diaryl/α,β-unsaturated/α-hetero) is 1. The summed E-state index contributed by atoms with van der Waals surface area (Å²) < 4.78 is 1.66. The molecule has 0 spiro atoms. The number of nitrogens with zero attached hydrogens (tertiary/aromatic N) is 2. The Morgan fingerprint density at radius 3 is 2.61 bits per heavy atom. The maximum absolute atomic E-state index is 11.9. The van der Waals surface area contributed by atoms with Crippen LogP contribution in [-0.4, -0.2) is 20.5 Å². The van der Waals surface area contributed by atoms with Gasteiger partial charge in [0, 0.05) is 17.9 Å². The van der Waals surface area contributed by atoms with Crippen LogP contribution in [0.3, 0.4) is 0 Å². The standard InChI is InChI=1S/C17H23N3O2S/c1-6-7-20-16(22)18-19-17(20)23-9-14-10(2)8-11(3)15(12(14)4)13(5)21/h8H,6-7,9H2,1-5H3,(H,18,22). The van der Waals surface area contributed by atoms with Gasteiger partial charge in [0.1, 0.15) is 0 Å². The summed E-state index contributed by atoms with van der Waals surface area (Å²) in [6, 6.07) is 2.06. The van der Waals surface area contributed by atoms with Crippen molar-refractivity contribution in [2.45, 2.75) is 58.5 Å². The molecule has 124 valence electrons. The van der Waals surface area contributed by atoms with E-state index in [1.807, 2.05) is 20.8 Å². The Labute approximate surface area is 140 Å². The molecule has 0 atom stereocenters. The summed E-state index contributed by atoms with van der Waals surface area (Å²) >= 11 is 1.52. The van der Waals surface area contributed by atoms with Crippen molar-refractivity contribution in [1.82, 2.24) is 14.8 Å². The number of ketones is 1. The van der Waals surface area contributed by atoms with Gasteiger partial charge in [0.15, 0.2) is 10.9 Å². The van der Waals surface area contributed by atoms with Crippen LogP contribution in [0.2, 0.25) is 0 Å². The van der Waals surface area contributed by atoms with Gasteiger partial charge in [-0.15, -0.1) is 5.10 Å². The van der Waals surface area contributed by atoms with Crippen LogP contribution in [0, 0.1) is 20.8 Å². The van der Waals surface area contributed by atoms with Gasteiger partial charge in [-0.1, -0.05) is 24.8 Å². The van der Waals surface area contributed by atoms with Gasteiger partial charge in [-0.05, 0) is 56.4 Å². The lowest BCUT2D eigenvalue weighted by Gasteiger charge is -2.15. The molecule has 1 N–H and O–H groups in total. The first kappa shape index (κ1) is 17.5. The van der Waals surface area contributed by atoms with Crippen molar-refractivity contribution in [3.05, 3.63) is 44.4 Å². The molecule has 0 radical (unpaired) electrons. The lowest BCUT2D eigenvalue weighted by Crippen LogP contribution is -2.17. The van der Waals surface area contributed by atoms with Crippen molar-refractivity contribution in [2.24, 2.45) is 0 Å². The lowest BCUT2D eigenvalue weighted by molar-refractivity contribution is 0.101. The number of hydrogen-bond acceptors (Lipinski definition) is 4. The van der Waals surface area contributed by atoms with E-state index in [0.29, 0.717) is 17.5 Å². The Kier molecular flexibility index (Phi) is 5.46. The average molecular weight is 333 g/mol. The number of carbonyl (C=O) groups excluding carboxylic acids is 1. The zero-order chi connectivity index (χ0) is 17.1. The molecule has 23 heavy (non-hydrogen) atoms. The van der Waals surface area contributed by atoms with Gasteiger partial charge in [0.2, 0.25) is 0 Å². The SMILES string of the molecule is CCCn1c(SCc2c(C)cc(C)c(C(C)=O)c2C)n[nH]c1=O. The lowest BCUT2D eigenvalue weighted by atomic mass is 9.92. The fourth-order valence-corrected chi connectivity index (χ4v) is 4.12. The van der Waals surface area contributed by atoms with Gasteiger partial charge >= 0.3 is 5.69 Å². The summed E-state index contributed by atoms with van der Waals surface area (Å²) in [6.07, 6.45) is 0.879. The number of thioether (sulfide) groups is 1. The highest BCUT2D eigenvalue weighted by Gasteiger charge is 2.16. The van der Waals surface area contributed by atoms with Crippen LogP contribution in [0.25, 0.3) is 0 Å². The first-order valence-electron chi connectivity index (χ1n) is 7.75. The van der Waals surface area contributed by atoms with E-state index in [1.54, 1.807) is 11.5 Å². The monoisotopic (exact) mass is 333 g/mol. The van der Waals surface area contributed by atoms with Crippen LogP contribution in [0.5, 0.6) is 0 Å². The van der Waals surface area contributed by atoms with Gasteiger partial charge in [0.05, 0.1) is 0 Å². The second kappa shape index (κ2) is 7.17. The maximum Gasteiger partial charge on any atom is 0.343 e. The van der Waals surface area contributed by atoms with E-state index in [0.717, 1.165) is 34.2 Å². The Morgan fingerprint density at radius 1 is 1.30 bits per heavy atom. The second-order valence-electron chi connectivity index (χ2n) is 5.80. The van der Waals surface area contributed by atoms with Gasteiger partial charge in [-0.3, -0.25) is 9.36 Å². The first-order chi connectivity index (χ1) is 10.9. The fraction of sp³-hybridized carbons (Fsp3) is 0.471. The highest BCUT2D eigenvalue weighted by Crippen LogP contribution is 2.28. The third kappa shape index (κ3) is 3.58. The van der Waals surface area contributed by atoms with Crippen LogP contribution in [-0.2, 0) is 12.3 Å². The molecule has 5 nitrogen and oxygen atoms in total. The molecule has 0 aliphatic rings. The molecule has 2 aromatic rings. The highest BCUT2D eigenvalue weighted by atomic mass is 32.2. The molecule has 0 aliphatic carbocycles. The molecule has 0 saturated carbocycles. The Hall–Kier alpha value is -1.82. The number of aromatic amines is 1. The van der Waals surface area contributed by atoms with Crippen LogP contribution < -0.4 is 5.69 Å². The topological polar surface area (TPSA) is 67.8 Å². The Bertz CT molecular complexity index is 790. The van der Waals surface area contributed by atoms with E-state index >= 15 is 0 Å². The Balaban J connectivity index is 2.33. The van der Waals surface area contributed by atoms with Gasteiger partial charge in [0.25, 0.3) is 0 Å². The first-order valence-corrected chi connectivity index (χ1v) is 8.74. The van der Waals surface area contributed by atoms with Crippen molar-refractivity contribution < 1.29 is 4.79 Å². The van der Waals surface area contributed by atoms with E-state index < -0.39 is 0 Å². The van der Waals surface area contributed by atoms with Crippen molar-refractivity contribution in [1.29, 1.82) is 0 Å². The molecule has 1 aromatic heterocycles. The summed E-state index contributed by atoms with van der Waals surface area (Å²) in [5.41, 5.74) is 4.99. The smallest absolute Gasteiger partial charge is 0.294 e. The minimum Gasteiger partial charge on any atom is -0.294 e. The summed E-state index contributed by atoms with van der Waals surface area (Å²) in [7, 11) is 0. The summed E-state index contributed by atoms with van der Waals surface area (Å²) in [6.45, 7) is 10.3. The predicted molar refractivity (Wildman–Crippen MR) is 93.4 cm³/mol. The molecule has 6 heteroatoms. The zero-order valence-electron chi connectivity index (χ0n) is 14.3. The zero-order valence-corrected chi connectivity index (χ0v) is 15.1. The van der Waals surface area contributed by atoms with Crippen LogP contribution in [0.15, 0.2) is 16.0 Å². The molecule has 0 bridgehead atoms. The molecule has 2 rings (SSSR count). The average Bonchev–Trinajstić information content (AvgIpc) is 2.79. The normalized spacial score (nSPS) is 11.0. The fourth-order valence-electron chi connectivity index (χ4n) is 2.96. The van der Waals surface area contributed by atoms with E-state index in [4.69, 9.17) is 0 Å². The number of benzene rings is 1. The van der Waals surface area contributed by atoms with Gasteiger partial charge in [-0.25, -0.2) is 9.89 Å². The molecular formula is C17H23N3O2S. The van der Waals surface area contributed by atoms with Gasteiger partial charge < -0.3 is 0 Å². The Morgan fingerprint density at radius 2 is 2.00 bits per heavy atom. The molecule has 0 unspecified atom stereocenters. The minimum atomic E-state index is -0.170. The summed E-state index contributed by atoms with van der Waals surface area (Å²) in [4.78, 5) is 23.6. The third-order valence-electron chi connectivity index (χ3n) is 4.00. The molecule has 1 aromatic carbocycles. The minimum absolute atomic E-state index is 0.0916. The molecule has 0 amide bonds. The van der Waals surface area contributed by atoms with Crippen molar-refractivity contribution in [2.75, 3.05) is 0 Å². The summed E-state index contributed by atoms with van der Waals surface area (Å²) in [5, 5.41) is 7.31. The molecular weight excluding hydrogens is 310 g/mol.